The summed E-state index contributed by atoms with van der Waals surface area (Å²) in [7, 11) is 0. The topological polar surface area (TPSA) is 92.7 Å². The number of carbonyl (C=O) groups is 3. The molecule has 6 nitrogen and oxygen atoms in total. The second-order valence-corrected chi connectivity index (χ2v) is 12.6. The van der Waals surface area contributed by atoms with Gasteiger partial charge in [0.25, 0.3) is 0 Å². The van der Waals surface area contributed by atoms with E-state index in [9.17, 15) is 14.4 Å². The van der Waals surface area contributed by atoms with Crippen LogP contribution < -0.4 is 5.32 Å². The molecule has 1 amide bonds. The lowest BCUT2D eigenvalue weighted by Gasteiger charge is -2.17. The van der Waals surface area contributed by atoms with Crippen molar-refractivity contribution in [1.29, 1.82) is 0 Å². The van der Waals surface area contributed by atoms with Gasteiger partial charge in [0.05, 0.1) is 6.61 Å². The average molecular weight is 582 g/mol. The first-order valence-electron chi connectivity index (χ1n) is 17.5. The summed E-state index contributed by atoms with van der Waals surface area (Å²) in [5.41, 5.74) is 0. The summed E-state index contributed by atoms with van der Waals surface area (Å²) in [6, 6.07) is -0.878. The Morgan fingerprint density at radius 2 is 1.02 bits per heavy atom. The van der Waals surface area contributed by atoms with Crippen molar-refractivity contribution in [3.05, 3.63) is 0 Å². The maximum absolute atomic E-state index is 12.6. The minimum absolute atomic E-state index is 0.0654. The van der Waals surface area contributed by atoms with E-state index in [-0.39, 0.29) is 18.7 Å². The fourth-order valence-corrected chi connectivity index (χ4v) is 5.25. The molecule has 0 aliphatic carbocycles. The maximum Gasteiger partial charge on any atom is 0.328 e. The number of aliphatic carboxylic acids is 1. The molecule has 0 heterocycles. The normalized spacial score (nSPS) is 12.0. The predicted octanol–water partition coefficient (Wildman–Crippen LogP) is 9.92. The highest BCUT2D eigenvalue weighted by Gasteiger charge is 2.23. The van der Waals surface area contributed by atoms with Crippen molar-refractivity contribution in [3.8, 4) is 0 Å². The number of carboxylic acid groups (broad SMARTS) is 1. The SMILES string of the molecule is CCCCCCCCCCCCCC(=O)N[C@@H](CCC(=O)O)C(=O)OCCCCCCCCCCCCCC(C)C. The number of hydrogen-bond acceptors (Lipinski definition) is 4. The number of unbranched alkanes of at least 4 members (excludes halogenated alkanes) is 20. The van der Waals surface area contributed by atoms with Crippen LogP contribution in [0.3, 0.4) is 0 Å². The Hall–Kier alpha value is -1.59. The molecule has 0 aliphatic heterocycles. The van der Waals surface area contributed by atoms with Gasteiger partial charge >= 0.3 is 11.9 Å². The molecular formula is C35H67NO5. The Morgan fingerprint density at radius 1 is 0.585 bits per heavy atom. The third-order valence-corrected chi connectivity index (χ3v) is 7.94. The summed E-state index contributed by atoms with van der Waals surface area (Å²) in [6.07, 6.45) is 28.5. The van der Waals surface area contributed by atoms with Crippen LogP contribution in [0.5, 0.6) is 0 Å². The van der Waals surface area contributed by atoms with E-state index in [1.807, 2.05) is 0 Å². The molecule has 0 aromatic rings. The van der Waals surface area contributed by atoms with Gasteiger partial charge in [-0.25, -0.2) is 4.79 Å². The van der Waals surface area contributed by atoms with Gasteiger partial charge in [-0.15, -0.1) is 0 Å². The van der Waals surface area contributed by atoms with Gasteiger partial charge in [-0.05, 0) is 25.2 Å². The third kappa shape index (κ3) is 29.7. The van der Waals surface area contributed by atoms with Gasteiger partial charge < -0.3 is 15.2 Å². The summed E-state index contributed by atoms with van der Waals surface area (Å²) in [6.45, 7) is 7.16. The van der Waals surface area contributed by atoms with E-state index in [1.165, 1.54) is 109 Å². The van der Waals surface area contributed by atoms with Crippen molar-refractivity contribution < 1.29 is 24.2 Å². The number of nitrogens with one attached hydrogen (secondary N) is 1. The number of amides is 1. The number of carboxylic acids is 1. The van der Waals surface area contributed by atoms with E-state index in [0.717, 1.165) is 44.4 Å². The lowest BCUT2D eigenvalue weighted by molar-refractivity contribution is -0.148. The maximum atomic E-state index is 12.6. The van der Waals surface area contributed by atoms with E-state index >= 15 is 0 Å². The fraction of sp³-hybridized carbons (Fsp3) is 0.914. The number of rotatable bonds is 31. The molecule has 0 aromatic heterocycles. The fourth-order valence-electron chi connectivity index (χ4n) is 5.25. The zero-order valence-corrected chi connectivity index (χ0v) is 27.3. The summed E-state index contributed by atoms with van der Waals surface area (Å²) in [5, 5.41) is 11.8. The molecule has 0 unspecified atom stereocenters. The van der Waals surface area contributed by atoms with Gasteiger partial charge in [-0.3, -0.25) is 9.59 Å². The van der Waals surface area contributed by atoms with Crippen LogP contribution in [0.4, 0.5) is 0 Å². The van der Waals surface area contributed by atoms with E-state index in [0.29, 0.717) is 13.0 Å². The monoisotopic (exact) mass is 582 g/mol. The number of carbonyl (C=O) groups excluding carboxylic acids is 2. The lowest BCUT2D eigenvalue weighted by atomic mass is 10.0. The van der Waals surface area contributed by atoms with Crippen molar-refractivity contribution in [2.24, 2.45) is 5.92 Å². The number of ether oxygens (including phenoxy) is 1. The van der Waals surface area contributed by atoms with Crippen molar-refractivity contribution in [2.75, 3.05) is 6.61 Å². The Labute approximate surface area is 253 Å². The molecule has 2 N–H and O–H groups in total. The Bertz CT molecular complexity index is 622. The molecule has 0 saturated carbocycles. The van der Waals surface area contributed by atoms with Crippen LogP contribution in [-0.4, -0.2) is 35.6 Å². The molecular weight excluding hydrogens is 514 g/mol. The van der Waals surface area contributed by atoms with Crippen LogP contribution in [0.25, 0.3) is 0 Å². The quantitative estimate of drug-likeness (QED) is 0.0628. The van der Waals surface area contributed by atoms with Crippen LogP contribution >= 0.6 is 0 Å². The summed E-state index contributed by atoms with van der Waals surface area (Å²) >= 11 is 0. The molecule has 0 aromatic carbocycles. The minimum atomic E-state index is -0.978. The second kappa shape index (κ2) is 29.9. The van der Waals surface area contributed by atoms with Gasteiger partial charge in [0.15, 0.2) is 0 Å². The van der Waals surface area contributed by atoms with E-state index in [1.54, 1.807) is 0 Å². The van der Waals surface area contributed by atoms with Crippen molar-refractivity contribution in [1.82, 2.24) is 5.32 Å². The van der Waals surface area contributed by atoms with Gasteiger partial charge in [-0.1, -0.05) is 156 Å². The molecule has 242 valence electrons. The molecule has 6 heteroatoms. The first-order valence-corrected chi connectivity index (χ1v) is 17.5. The Morgan fingerprint density at radius 3 is 1.49 bits per heavy atom. The highest BCUT2D eigenvalue weighted by Crippen LogP contribution is 2.15. The van der Waals surface area contributed by atoms with Crippen molar-refractivity contribution >= 4 is 17.8 Å². The van der Waals surface area contributed by atoms with E-state index in [4.69, 9.17) is 9.84 Å². The largest absolute Gasteiger partial charge is 0.481 e. The lowest BCUT2D eigenvalue weighted by Crippen LogP contribution is -2.42. The van der Waals surface area contributed by atoms with Gasteiger partial charge in [-0.2, -0.15) is 0 Å². The highest BCUT2D eigenvalue weighted by molar-refractivity contribution is 5.84. The van der Waals surface area contributed by atoms with Crippen LogP contribution in [-0.2, 0) is 19.1 Å². The minimum Gasteiger partial charge on any atom is -0.481 e. The third-order valence-electron chi connectivity index (χ3n) is 7.94. The second-order valence-electron chi connectivity index (χ2n) is 12.6. The molecule has 0 saturated heterocycles. The standard InChI is InChI=1S/C35H67NO5/c1-4-5-6-7-8-9-11-15-18-21-24-27-33(37)36-32(28-29-34(38)39)35(40)41-30-25-22-19-16-13-10-12-14-17-20-23-26-31(2)3/h31-32H,4-30H2,1-3H3,(H,36,37)(H,38,39)/t32-/m0/s1. The molecule has 0 bridgehead atoms. The molecule has 0 fully saturated rings. The first-order chi connectivity index (χ1) is 19.9. The molecule has 0 radical (unpaired) electrons. The van der Waals surface area contributed by atoms with Crippen molar-refractivity contribution in [2.45, 2.75) is 194 Å². The van der Waals surface area contributed by atoms with Crippen molar-refractivity contribution in [3.63, 3.8) is 0 Å². The zero-order valence-electron chi connectivity index (χ0n) is 27.3. The van der Waals surface area contributed by atoms with E-state index in [2.05, 4.69) is 26.1 Å². The summed E-state index contributed by atoms with van der Waals surface area (Å²) < 4.78 is 5.41. The Kier molecular flexibility index (Phi) is 28.7. The van der Waals surface area contributed by atoms with Gasteiger partial charge in [0.1, 0.15) is 6.04 Å². The van der Waals surface area contributed by atoms with Crippen LogP contribution in [0.1, 0.15) is 188 Å². The molecule has 41 heavy (non-hydrogen) atoms. The van der Waals surface area contributed by atoms with E-state index < -0.39 is 18.0 Å². The number of esters is 1. The Balaban J connectivity index is 3.88. The zero-order chi connectivity index (χ0) is 30.4. The number of hydrogen-bond donors (Lipinski definition) is 2. The molecule has 0 aliphatic rings. The van der Waals surface area contributed by atoms with Crippen LogP contribution in [0.15, 0.2) is 0 Å². The summed E-state index contributed by atoms with van der Waals surface area (Å²) in [5.74, 6) is -0.851. The molecule has 1 atom stereocenters. The highest BCUT2D eigenvalue weighted by atomic mass is 16.5. The molecule has 0 rings (SSSR count). The van der Waals surface area contributed by atoms with Gasteiger partial charge in [0, 0.05) is 12.8 Å². The van der Waals surface area contributed by atoms with Crippen LogP contribution in [0, 0.1) is 5.92 Å². The average Bonchev–Trinajstić information content (AvgIpc) is 2.93. The predicted molar refractivity (Wildman–Crippen MR) is 171 cm³/mol. The first kappa shape index (κ1) is 39.4. The molecule has 0 spiro atoms. The van der Waals surface area contributed by atoms with Crippen LogP contribution in [0.2, 0.25) is 0 Å². The summed E-state index contributed by atoms with van der Waals surface area (Å²) in [4.78, 5) is 36.0. The van der Waals surface area contributed by atoms with Gasteiger partial charge in [0.2, 0.25) is 5.91 Å². The smallest absolute Gasteiger partial charge is 0.328 e.